The first-order valence-corrected chi connectivity index (χ1v) is 5.76. The molecule has 0 saturated heterocycles. The second-order valence-corrected chi connectivity index (χ2v) is 4.93. The van der Waals surface area contributed by atoms with Crippen LogP contribution in [0.2, 0.25) is 5.02 Å². The predicted molar refractivity (Wildman–Crippen MR) is 66.8 cm³/mol. The van der Waals surface area contributed by atoms with E-state index in [4.69, 9.17) is 18.0 Å². The Hall–Kier alpha value is -0.490. The molecule has 80 valence electrons. The lowest BCUT2D eigenvalue weighted by Crippen LogP contribution is -2.21. The summed E-state index contributed by atoms with van der Waals surface area (Å²) in [6, 6.07) is 5.43. The highest BCUT2D eigenvalue weighted by Gasteiger charge is 2.24. The van der Waals surface area contributed by atoms with Crippen molar-refractivity contribution in [2.24, 2.45) is 0 Å². The normalized spacial score (nSPS) is 14.3. The summed E-state index contributed by atoms with van der Waals surface area (Å²) in [5, 5.41) is 10.7. The largest absolute Gasteiger partial charge is 0.385 e. The third-order valence-electron chi connectivity index (χ3n) is 2.27. The zero-order valence-electron chi connectivity index (χ0n) is 8.43. The van der Waals surface area contributed by atoms with E-state index < -0.39 is 5.60 Å². The van der Waals surface area contributed by atoms with Crippen molar-refractivity contribution >= 4 is 27.5 Å². The summed E-state index contributed by atoms with van der Waals surface area (Å²) in [6.45, 7) is 1.72. The molecule has 0 fully saturated rings. The Morgan fingerprint density at radius 1 is 1.60 bits per heavy atom. The van der Waals surface area contributed by atoms with Gasteiger partial charge in [0.25, 0.3) is 0 Å². The van der Waals surface area contributed by atoms with Gasteiger partial charge in [-0.05, 0) is 25.5 Å². The van der Waals surface area contributed by atoms with Crippen LogP contribution in [-0.4, -0.2) is 5.11 Å². The summed E-state index contributed by atoms with van der Waals surface area (Å²) in [5.41, 5.74) is -0.257. The van der Waals surface area contributed by atoms with Crippen molar-refractivity contribution in [3.63, 3.8) is 0 Å². The van der Waals surface area contributed by atoms with Gasteiger partial charge in [0.1, 0.15) is 0 Å². The highest BCUT2D eigenvalue weighted by atomic mass is 79.9. The van der Waals surface area contributed by atoms with Crippen LogP contribution in [0.15, 0.2) is 22.7 Å². The fourth-order valence-corrected chi connectivity index (χ4v) is 2.25. The molecule has 3 heteroatoms. The number of benzene rings is 1. The number of hydrogen-bond acceptors (Lipinski definition) is 1. The summed E-state index contributed by atoms with van der Waals surface area (Å²) in [6.07, 6.45) is 6.21. The van der Waals surface area contributed by atoms with E-state index in [0.717, 1.165) is 4.47 Å². The first-order chi connectivity index (χ1) is 6.97. The van der Waals surface area contributed by atoms with Gasteiger partial charge in [-0.3, -0.25) is 0 Å². The maximum absolute atomic E-state index is 10.2. The van der Waals surface area contributed by atoms with Gasteiger partial charge >= 0.3 is 0 Å². The summed E-state index contributed by atoms with van der Waals surface area (Å²) in [7, 11) is 0. The Balaban J connectivity index is 2.99. The van der Waals surface area contributed by atoms with Gasteiger partial charge in [-0.2, -0.15) is 0 Å². The number of aliphatic hydroxyl groups is 1. The molecule has 0 radical (unpaired) electrons. The molecule has 0 spiro atoms. The van der Waals surface area contributed by atoms with E-state index in [-0.39, 0.29) is 0 Å². The number of terminal acetylenes is 1. The SMILES string of the molecule is C#CCCC(C)(O)c1ccc(Br)cc1Cl. The summed E-state index contributed by atoms with van der Waals surface area (Å²) in [4.78, 5) is 0. The van der Waals surface area contributed by atoms with Crippen LogP contribution in [0.3, 0.4) is 0 Å². The molecular weight excluding hydrogens is 275 g/mol. The molecule has 1 unspecified atom stereocenters. The van der Waals surface area contributed by atoms with Gasteiger partial charge in [-0.1, -0.05) is 33.6 Å². The third-order valence-corrected chi connectivity index (χ3v) is 3.07. The molecule has 1 atom stereocenters. The monoisotopic (exact) mass is 286 g/mol. The van der Waals surface area contributed by atoms with E-state index >= 15 is 0 Å². The predicted octanol–water partition coefficient (Wildman–Crippen LogP) is 3.72. The van der Waals surface area contributed by atoms with E-state index in [9.17, 15) is 5.11 Å². The van der Waals surface area contributed by atoms with Gasteiger partial charge in [0.2, 0.25) is 0 Å². The minimum absolute atomic E-state index is 0.505. The lowest BCUT2D eigenvalue weighted by Gasteiger charge is -2.24. The molecule has 0 aromatic heterocycles. The fourth-order valence-electron chi connectivity index (χ4n) is 1.38. The summed E-state index contributed by atoms with van der Waals surface area (Å²) >= 11 is 9.37. The number of halogens is 2. The fraction of sp³-hybridized carbons (Fsp3) is 0.333. The quantitative estimate of drug-likeness (QED) is 0.840. The molecule has 1 N–H and O–H groups in total. The third kappa shape index (κ3) is 3.24. The van der Waals surface area contributed by atoms with Gasteiger partial charge in [0, 0.05) is 21.5 Å². The van der Waals surface area contributed by atoms with Crippen LogP contribution < -0.4 is 0 Å². The molecule has 1 aromatic rings. The van der Waals surface area contributed by atoms with Gasteiger partial charge in [-0.25, -0.2) is 0 Å². The Morgan fingerprint density at radius 3 is 2.80 bits per heavy atom. The van der Waals surface area contributed by atoms with Crippen molar-refractivity contribution < 1.29 is 5.11 Å². The van der Waals surface area contributed by atoms with Crippen LogP contribution in [0.5, 0.6) is 0 Å². The molecule has 1 aromatic carbocycles. The van der Waals surface area contributed by atoms with Gasteiger partial charge in [-0.15, -0.1) is 12.3 Å². The van der Waals surface area contributed by atoms with Crippen LogP contribution in [0, 0.1) is 12.3 Å². The van der Waals surface area contributed by atoms with Gasteiger partial charge in [0.05, 0.1) is 5.60 Å². The lowest BCUT2D eigenvalue weighted by atomic mass is 9.91. The Kier molecular flexibility index (Phi) is 4.21. The average molecular weight is 288 g/mol. The molecule has 0 aliphatic heterocycles. The first kappa shape index (κ1) is 12.6. The first-order valence-electron chi connectivity index (χ1n) is 4.59. The summed E-state index contributed by atoms with van der Waals surface area (Å²) in [5.74, 6) is 2.51. The molecule has 0 bridgehead atoms. The zero-order valence-corrected chi connectivity index (χ0v) is 10.8. The van der Waals surface area contributed by atoms with Crippen LogP contribution in [0.25, 0.3) is 0 Å². The second-order valence-electron chi connectivity index (χ2n) is 3.60. The van der Waals surface area contributed by atoms with Crippen molar-refractivity contribution in [1.82, 2.24) is 0 Å². The standard InChI is InChI=1S/C12H12BrClO/c1-3-4-7-12(2,15)10-6-5-9(13)8-11(10)14/h1,5-6,8,15H,4,7H2,2H3. The Bertz CT molecular complexity index is 393. The summed E-state index contributed by atoms with van der Waals surface area (Å²) < 4.78 is 0.893. The van der Waals surface area contributed by atoms with E-state index in [1.807, 2.05) is 12.1 Å². The van der Waals surface area contributed by atoms with E-state index in [1.54, 1.807) is 13.0 Å². The molecule has 1 rings (SSSR count). The highest BCUT2D eigenvalue weighted by molar-refractivity contribution is 9.10. The average Bonchev–Trinajstić information content (AvgIpc) is 2.14. The molecule has 0 aliphatic carbocycles. The maximum Gasteiger partial charge on any atom is 0.0892 e. The number of hydrogen-bond donors (Lipinski definition) is 1. The molecule has 15 heavy (non-hydrogen) atoms. The molecule has 1 nitrogen and oxygen atoms in total. The molecule has 0 aliphatic rings. The van der Waals surface area contributed by atoms with Crippen LogP contribution >= 0.6 is 27.5 Å². The molecule has 0 heterocycles. The van der Waals surface area contributed by atoms with Crippen LogP contribution in [0.1, 0.15) is 25.3 Å². The van der Waals surface area contributed by atoms with E-state index in [1.165, 1.54) is 0 Å². The van der Waals surface area contributed by atoms with Crippen LogP contribution in [-0.2, 0) is 5.60 Å². The Labute approximate surface area is 104 Å². The van der Waals surface area contributed by atoms with Crippen molar-refractivity contribution in [3.05, 3.63) is 33.3 Å². The number of rotatable bonds is 3. The van der Waals surface area contributed by atoms with Crippen molar-refractivity contribution in [2.45, 2.75) is 25.4 Å². The van der Waals surface area contributed by atoms with Crippen molar-refractivity contribution in [1.29, 1.82) is 0 Å². The van der Waals surface area contributed by atoms with E-state index in [0.29, 0.717) is 23.4 Å². The smallest absolute Gasteiger partial charge is 0.0892 e. The van der Waals surface area contributed by atoms with Crippen LogP contribution in [0.4, 0.5) is 0 Å². The lowest BCUT2D eigenvalue weighted by molar-refractivity contribution is 0.0495. The molecular formula is C12H12BrClO. The van der Waals surface area contributed by atoms with E-state index in [2.05, 4.69) is 21.9 Å². The van der Waals surface area contributed by atoms with Crippen molar-refractivity contribution in [2.75, 3.05) is 0 Å². The van der Waals surface area contributed by atoms with Gasteiger partial charge < -0.3 is 5.11 Å². The minimum atomic E-state index is -0.968. The zero-order chi connectivity index (χ0) is 11.5. The Morgan fingerprint density at radius 2 is 2.27 bits per heavy atom. The maximum atomic E-state index is 10.2. The molecule has 0 saturated carbocycles. The van der Waals surface area contributed by atoms with Gasteiger partial charge in [0.15, 0.2) is 0 Å². The topological polar surface area (TPSA) is 20.2 Å². The minimum Gasteiger partial charge on any atom is -0.385 e. The highest BCUT2D eigenvalue weighted by Crippen LogP contribution is 2.33. The second kappa shape index (κ2) is 5.03. The molecule has 0 amide bonds. The van der Waals surface area contributed by atoms with Crippen molar-refractivity contribution in [3.8, 4) is 12.3 Å².